The zero-order valence-corrected chi connectivity index (χ0v) is 10.5. The van der Waals surface area contributed by atoms with Crippen molar-refractivity contribution in [3.63, 3.8) is 0 Å². The molecule has 2 nitrogen and oxygen atoms in total. The summed E-state index contributed by atoms with van der Waals surface area (Å²) in [5.74, 6) is 0. The summed E-state index contributed by atoms with van der Waals surface area (Å²) in [6.07, 6.45) is -4.48. The number of hydrogen-bond donors (Lipinski definition) is 0. The second kappa shape index (κ2) is 4.34. The van der Waals surface area contributed by atoms with Crippen LogP contribution >= 0.6 is 27.5 Å². The molecule has 0 atom stereocenters. The molecule has 0 aliphatic carbocycles. The molecule has 2 rings (SSSR count). The van der Waals surface area contributed by atoms with Crippen LogP contribution < -0.4 is 0 Å². The lowest BCUT2D eigenvalue weighted by Crippen LogP contribution is -2.07. The summed E-state index contributed by atoms with van der Waals surface area (Å²) in [7, 11) is 0. The number of halogens is 5. The van der Waals surface area contributed by atoms with Gasteiger partial charge in [-0.25, -0.2) is 4.68 Å². The molecule has 0 spiro atoms. The molecule has 90 valence electrons. The number of aromatic nitrogens is 2. The summed E-state index contributed by atoms with van der Waals surface area (Å²) in [6, 6.07) is 7.43. The van der Waals surface area contributed by atoms with Crippen molar-refractivity contribution in [1.82, 2.24) is 9.78 Å². The number of rotatable bonds is 1. The van der Waals surface area contributed by atoms with Gasteiger partial charge in [0.1, 0.15) is 4.60 Å². The van der Waals surface area contributed by atoms with Crippen LogP contribution in [0, 0.1) is 0 Å². The first-order valence-corrected chi connectivity index (χ1v) is 5.64. The van der Waals surface area contributed by atoms with Crippen LogP contribution in [0.1, 0.15) is 5.69 Å². The predicted octanol–water partition coefficient (Wildman–Crippen LogP) is 4.31. The lowest BCUT2D eigenvalue weighted by molar-refractivity contribution is -0.141. The molecule has 0 amide bonds. The predicted molar refractivity (Wildman–Crippen MR) is 61.3 cm³/mol. The fraction of sp³-hybridized carbons (Fsp3) is 0.100. The molecular formula is C10H5BrClF3N2. The van der Waals surface area contributed by atoms with Gasteiger partial charge in [0.2, 0.25) is 0 Å². The van der Waals surface area contributed by atoms with E-state index in [1.165, 1.54) is 0 Å². The summed E-state index contributed by atoms with van der Waals surface area (Å²) in [4.78, 5) is 0. The number of hydrogen-bond acceptors (Lipinski definition) is 1. The molecule has 7 heteroatoms. The minimum atomic E-state index is -4.48. The van der Waals surface area contributed by atoms with E-state index in [4.69, 9.17) is 11.6 Å². The summed E-state index contributed by atoms with van der Waals surface area (Å²) in [6.45, 7) is 0. The molecule has 0 aliphatic heterocycles. The molecule has 0 aliphatic rings. The zero-order chi connectivity index (χ0) is 12.6. The summed E-state index contributed by atoms with van der Waals surface area (Å²) in [5.41, 5.74) is -0.583. The van der Waals surface area contributed by atoms with Gasteiger partial charge < -0.3 is 0 Å². The van der Waals surface area contributed by atoms with Crippen LogP contribution in [-0.2, 0) is 6.18 Å². The van der Waals surface area contributed by atoms with Crippen LogP contribution in [0.2, 0.25) is 5.02 Å². The van der Waals surface area contributed by atoms with E-state index in [2.05, 4.69) is 21.0 Å². The van der Waals surface area contributed by atoms with Gasteiger partial charge in [-0.3, -0.25) is 0 Å². The van der Waals surface area contributed by atoms with E-state index in [9.17, 15) is 13.2 Å². The lowest BCUT2D eigenvalue weighted by atomic mass is 10.3. The monoisotopic (exact) mass is 324 g/mol. The van der Waals surface area contributed by atoms with Gasteiger partial charge in [0.05, 0.1) is 10.7 Å². The van der Waals surface area contributed by atoms with Crippen molar-refractivity contribution in [3.05, 3.63) is 45.7 Å². The van der Waals surface area contributed by atoms with Crippen LogP contribution in [0.5, 0.6) is 0 Å². The number of alkyl halides is 3. The van der Waals surface area contributed by atoms with Gasteiger partial charge in [0.15, 0.2) is 5.69 Å². The Labute approximate surface area is 108 Å². The van der Waals surface area contributed by atoms with E-state index in [1.54, 1.807) is 24.3 Å². The third-order valence-corrected chi connectivity index (χ3v) is 2.92. The number of benzene rings is 1. The first kappa shape index (κ1) is 12.4. The summed E-state index contributed by atoms with van der Waals surface area (Å²) >= 11 is 8.91. The van der Waals surface area contributed by atoms with E-state index in [1.807, 2.05) is 0 Å². The van der Waals surface area contributed by atoms with Gasteiger partial charge in [0.25, 0.3) is 0 Å². The molecular weight excluding hydrogens is 320 g/mol. The smallest absolute Gasteiger partial charge is 0.225 e. The zero-order valence-electron chi connectivity index (χ0n) is 8.17. The number of para-hydroxylation sites is 1. The van der Waals surface area contributed by atoms with E-state index in [-0.39, 0.29) is 4.60 Å². The summed E-state index contributed by atoms with van der Waals surface area (Å²) in [5, 5.41) is 3.80. The molecule has 0 saturated heterocycles. The minimum absolute atomic E-state index is 0.193. The molecule has 0 saturated carbocycles. The van der Waals surface area contributed by atoms with E-state index < -0.39 is 11.9 Å². The van der Waals surface area contributed by atoms with Crippen molar-refractivity contribution in [3.8, 4) is 5.69 Å². The normalized spacial score (nSPS) is 11.8. The largest absolute Gasteiger partial charge is 0.435 e. The van der Waals surface area contributed by atoms with Crippen LogP contribution in [0.25, 0.3) is 5.69 Å². The lowest BCUT2D eigenvalue weighted by Gasteiger charge is -2.05. The van der Waals surface area contributed by atoms with Crippen molar-refractivity contribution in [2.75, 3.05) is 0 Å². The van der Waals surface area contributed by atoms with Crippen LogP contribution in [0.3, 0.4) is 0 Å². The van der Waals surface area contributed by atoms with Crippen LogP contribution in [0.15, 0.2) is 34.9 Å². The quantitative estimate of drug-likeness (QED) is 0.764. The van der Waals surface area contributed by atoms with Gasteiger partial charge in [-0.15, -0.1) is 0 Å². The maximum atomic E-state index is 12.5. The maximum Gasteiger partial charge on any atom is 0.435 e. The second-order valence-corrected chi connectivity index (χ2v) is 4.43. The highest BCUT2D eigenvalue weighted by molar-refractivity contribution is 9.10. The molecule has 0 unspecified atom stereocenters. The van der Waals surface area contributed by atoms with E-state index in [0.29, 0.717) is 10.7 Å². The van der Waals surface area contributed by atoms with Gasteiger partial charge in [0, 0.05) is 6.07 Å². The Morgan fingerprint density at radius 3 is 2.41 bits per heavy atom. The first-order chi connectivity index (χ1) is 7.89. The summed E-state index contributed by atoms with van der Waals surface area (Å²) < 4.78 is 38.7. The standard InChI is InChI=1S/C10H5BrClF3N2/c11-9-5-8(10(13,14)15)16-17(9)7-4-2-1-3-6(7)12/h1-5H. The second-order valence-electron chi connectivity index (χ2n) is 3.21. The van der Waals surface area contributed by atoms with Crippen LogP contribution in [0.4, 0.5) is 13.2 Å². The minimum Gasteiger partial charge on any atom is -0.225 e. The molecule has 2 aromatic rings. The van der Waals surface area contributed by atoms with Gasteiger partial charge in [-0.2, -0.15) is 18.3 Å². The fourth-order valence-electron chi connectivity index (χ4n) is 1.29. The Bertz CT molecular complexity index is 551. The molecule has 1 heterocycles. The average molecular weight is 326 g/mol. The third-order valence-electron chi connectivity index (χ3n) is 2.04. The van der Waals surface area contributed by atoms with Crippen LogP contribution in [-0.4, -0.2) is 9.78 Å². The third kappa shape index (κ3) is 2.47. The molecule has 0 N–H and O–H groups in total. The molecule has 1 aromatic carbocycles. The Morgan fingerprint density at radius 2 is 1.88 bits per heavy atom. The molecule has 0 radical (unpaired) electrons. The molecule has 17 heavy (non-hydrogen) atoms. The number of nitrogens with zero attached hydrogens (tertiary/aromatic N) is 2. The SMILES string of the molecule is FC(F)(F)c1cc(Br)n(-c2ccccc2Cl)n1. The maximum absolute atomic E-state index is 12.5. The molecule has 1 aromatic heterocycles. The van der Waals surface area contributed by atoms with Crippen molar-refractivity contribution in [2.45, 2.75) is 6.18 Å². The molecule has 0 bridgehead atoms. The molecule has 0 fully saturated rings. The Hall–Kier alpha value is -1.01. The van der Waals surface area contributed by atoms with Gasteiger partial charge in [-0.1, -0.05) is 23.7 Å². The van der Waals surface area contributed by atoms with Crippen molar-refractivity contribution in [2.24, 2.45) is 0 Å². The first-order valence-electron chi connectivity index (χ1n) is 4.47. The fourth-order valence-corrected chi connectivity index (χ4v) is 1.99. The highest BCUT2D eigenvalue weighted by atomic mass is 79.9. The van der Waals surface area contributed by atoms with E-state index >= 15 is 0 Å². The average Bonchev–Trinajstić information content (AvgIpc) is 2.61. The highest BCUT2D eigenvalue weighted by Gasteiger charge is 2.34. The Balaban J connectivity index is 2.55. The van der Waals surface area contributed by atoms with Gasteiger partial charge >= 0.3 is 6.18 Å². The highest BCUT2D eigenvalue weighted by Crippen LogP contribution is 2.32. The van der Waals surface area contributed by atoms with Crippen molar-refractivity contribution in [1.29, 1.82) is 0 Å². The van der Waals surface area contributed by atoms with E-state index in [0.717, 1.165) is 10.7 Å². The van der Waals surface area contributed by atoms with Gasteiger partial charge in [-0.05, 0) is 28.1 Å². The Morgan fingerprint density at radius 1 is 1.24 bits per heavy atom. The Kier molecular flexibility index (Phi) is 3.18. The van der Waals surface area contributed by atoms with Crippen molar-refractivity contribution >= 4 is 27.5 Å². The topological polar surface area (TPSA) is 17.8 Å². The van der Waals surface area contributed by atoms with Crippen molar-refractivity contribution < 1.29 is 13.2 Å².